The Balaban J connectivity index is 1.97. The number of rotatable bonds is 4. The molecule has 1 fully saturated rings. The molecule has 114 valence electrons. The van der Waals surface area contributed by atoms with Gasteiger partial charge in [-0.2, -0.15) is 0 Å². The fraction of sp³-hybridized carbons (Fsp3) is 0.538. The number of nitro groups is 1. The standard InChI is InChI=1S/C13H17N3O5/c1-21-12(17)8-13(18)4-6-15(7-5-13)11-3-2-10(9-14-11)16(19)20/h2-3,9,18H,4-8H2,1H3. The summed E-state index contributed by atoms with van der Waals surface area (Å²) in [4.78, 5) is 27.3. The van der Waals surface area contributed by atoms with Crippen LogP contribution < -0.4 is 4.90 Å². The minimum absolute atomic E-state index is 0.0228. The van der Waals surface area contributed by atoms with Crippen LogP contribution in [0.3, 0.4) is 0 Å². The van der Waals surface area contributed by atoms with E-state index in [2.05, 4.69) is 9.72 Å². The number of methoxy groups -OCH3 is 1. The van der Waals surface area contributed by atoms with Crippen LogP contribution >= 0.6 is 0 Å². The van der Waals surface area contributed by atoms with Crippen LogP contribution in [0.2, 0.25) is 0 Å². The summed E-state index contributed by atoms with van der Waals surface area (Å²) in [5.74, 6) is 0.195. The van der Waals surface area contributed by atoms with Gasteiger partial charge in [0.2, 0.25) is 0 Å². The van der Waals surface area contributed by atoms with E-state index in [4.69, 9.17) is 0 Å². The molecule has 8 heteroatoms. The molecule has 0 radical (unpaired) electrons. The van der Waals surface area contributed by atoms with E-state index in [0.717, 1.165) is 0 Å². The van der Waals surface area contributed by atoms with Crippen molar-refractivity contribution in [1.29, 1.82) is 0 Å². The first-order valence-electron chi connectivity index (χ1n) is 6.58. The third kappa shape index (κ3) is 3.66. The molecule has 1 aliphatic rings. The summed E-state index contributed by atoms with van der Waals surface area (Å²) in [6.07, 6.45) is 2.02. The van der Waals surface area contributed by atoms with Gasteiger partial charge in [0.05, 0.1) is 24.1 Å². The summed E-state index contributed by atoms with van der Waals surface area (Å²) >= 11 is 0. The Morgan fingerprint density at radius 1 is 1.52 bits per heavy atom. The number of piperidine rings is 1. The predicted molar refractivity (Wildman–Crippen MR) is 73.9 cm³/mol. The first kappa shape index (κ1) is 15.2. The van der Waals surface area contributed by atoms with E-state index in [-0.39, 0.29) is 12.1 Å². The smallest absolute Gasteiger partial charge is 0.308 e. The van der Waals surface area contributed by atoms with Crippen molar-refractivity contribution in [1.82, 2.24) is 4.98 Å². The van der Waals surface area contributed by atoms with E-state index >= 15 is 0 Å². The van der Waals surface area contributed by atoms with Crippen LogP contribution in [0.15, 0.2) is 18.3 Å². The van der Waals surface area contributed by atoms with Crippen LogP contribution in [-0.4, -0.2) is 46.8 Å². The number of hydrogen-bond donors (Lipinski definition) is 1. The Kier molecular flexibility index (Phi) is 4.37. The number of ether oxygens (including phenoxy) is 1. The van der Waals surface area contributed by atoms with E-state index in [9.17, 15) is 20.0 Å². The van der Waals surface area contributed by atoms with Crippen LogP contribution in [0.1, 0.15) is 19.3 Å². The maximum Gasteiger partial charge on any atom is 0.308 e. The number of carbonyl (C=O) groups is 1. The van der Waals surface area contributed by atoms with Crippen molar-refractivity contribution < 1.29 is 19.6 Å². The van der Waals surface area contributed by atoms with Crippen molar-refractivity contribution >= 4 is 17.5 Å². The van der Waals surface area contributed by atoms with E-state index in [1.165, 1.54) is 19.4 Å². The molecule has 2 rings (SSSR count). The van der Waals surface area contributed by atoms with E-state index in [1.54, 1.807) is 6.07 Å². The van der Waals surface area contributed by atoms with Gasteiger partial charge in [-0.15, -0.1) is 0 Å². The molecule has 21 heavy (non-hydrogen) atoms. The van der Waals surface area contributed by atoms with Crippen molar-refractivity contribution in [3.8, 4) is 0 Å². The molecular formula is C13H17N3O5. The zero-order chi connectivity index (χ0) is 15.5. The van der Waals surface area contributed by atoms with Crippen molar-refractivity contribution in [2.75, 3.05) is 25.1 Å². The van der Waals surface area contributed by atoms with Crippen molar-refractivity contribution in [3.05, 3.63) is 28.4 Å². The summed E-state index contributed by atoms with van der Waals surface area (Å²) in [7, 11) is 1.29. The third-order valence-electron chi connectivity index (χ3n) is 3.66. The highest BCUT2D eigenvalue weighted by atomic mass is 16.6. The fourth-order valence-electron chi connectivity index (χ4n) is 2.34. The van der Waals surface area contributed by atoms with Crippen LogP contribution in [-0.2, 0) is 9.53 Å². The lowest BCUT2D eigenvalue weighted by molar-refractivity contribution is -0.385. The topological polar surface area (TPSA) is 106 Å². The van der Waals surface area contributed by atoms with Crippen LogP contribution in [0.25, 0.3) is 0 Å². The van der Waals surface area contributed by atoms with Crippen LogP contribution in [0, 0.1) is 10.1 Å². The van der Waals surface area contributed by atoms with Gasteiger partial charge in [0.1, 0.15) is 12.0 Å². The summed E-state index contributed by atoms with van der Waals surface area (Å²) in [6.45, 7) is 1.05. The van der Waals surface area contributed by atoms with Gasteiger partial charge in [0, 0.05) is 19.2 Å². The molecule has 0 saturated carbocycles. The average Bonchev–Trinajstić information content (AvgIpc) is 2.47. The molecule has 8 nitrogen and oxygen atoms in total. The van der Waals surface area contributed by atoms with Crippen LogP contribution in [0.4, 0.5) is 11.5 Å². The third-order valence-corrected chi connectivity index (χ3v) is 3.66. The Bertz CT molecular complexity index is 523. The molecule has 0 bridgehead atoms. The minimum Gasteiger partial charge on any atom is -0.469 e. The number of pyridine rings is 1. The zero-order valence-corrected chi connectivity index (χ0v) is 11.7. The van der Waals surface area contributed by atoms with Gasteiger partial charge >= 0.3 is 5.97 Å². The highest BCUT2D eigenvalue weighted by Gasteiger charge is 2.35. The van der Waals surface area contributed by atoms with Crippen molar-refractivity contribution in [2.24, 2.45) is 0 Å². The normalized spacial score (nSPS) is 17.3. The Morgan fingerprint density at radius 2 is 2.19 bits per heavy atom. The lowest BCUT2D eigenvalue weighted by Gasteiger charge is -2.38. The molecule has 0 spiro atoms. The number of esters is 1. The number of carbonyl (C=O) groups excluding carboxylic acids is 1. The Morgan fingerprint density at radius 3 is 2.67 bits per heavy atom. The Hall–Kier alpha value is -2.22. The molecule has 0 unspecified atom stereocenters. The summed E-state index contributed by atoms with van der Waals surface area (Å²) in [6, 6.07) is 2.99. The second-order valence-corrected chi connectivity index (χ2v) is 5.10. The van der Waals surface area contributed by atoms with Crippen molar-refractivity contribution in [3.63, 3.8) is 0 Å². The molecule has 0 amide bonds. The number of aliphatic hydroxyl groups is 1. The highest BCUT2D eigenvalue weighted by Crippen LogP contribution is 2.28. The number of hydrogen-bond acceptors (Lipinski definition) is 7. The van der Waals surface area contributed by atoms with Gasteiger partial charge in [-0.3, -0.25) is 14.9 Å². The average molecular weight is 295 g/mol. The van der Waals surface area contributed by atoms with Crippen LogP contribution in [0.5, 0.6) is 0 Å². The first-order chi connectivity index (χ1) is 9.93. The molecule has 1 saturated heterocycles. The van der Waals surface area contributed by atoms with Gasteiger partial charge in [-0.25, -0.2) is 4.98 Å². The number of nitrogens with zero attached hydrogens (tertiary/aromatic N) is 3. The lowest BCUT2D eigenvalue weighted by atomic mass is 9.88. The molecule has 1 aliphatic heterocycles. The Labute approximate surface area is 121 Å². The molecule has 2 heterocycles. The molecule has 0 aromatic carbocycles. The van der Waals surface area contributed by atoms with E-state index in [0.29, 0.717) is 31.7 Å². The second-order valence-electron chi connectivity index (χ2n) is 5.10. The largest absolute Gasteiger partial charge is 0.469 e. The summed E-state index contributed by atoms with van der Waals surface area (Å²) in [5, 5.41) is 20.9. The maximum atomic E-state index is 11.3. The van der Waals surface area contributed by atoms with Gasteiger partial charge in [0.15, 0.2) is 0 Å². The quantitative estimate of drug-likeness (QED) is 0.499. The molecular weight excluding hydrogens is 278 g/mol. The van der Waals surface area contributed by atoms with Gasteiger partial charge < -0.3 is 14.7 Å². The SMILES string of the molecule is COC(=O)CC1(O)CCN(c2ccc([N+](=O)[O-])cn2)CC1. The molecule has 1 aromatic rings. The maximum absolute atomic E-state index is 11.3. The predicted octanol–water partition coefficient (Wildman–Crippen LogP) is 0.884. The molecule has 0 aliphatic carbocycles. The van der Waals surface area contributed by atoms with Gasteiger partial charge in [-0.1, -0.05) is 0 Å². The second kappa shape index (κ2) is 6.04. The minimum atomic E-state index is -1.05. The number of anilines is 1. The first-order valence-corrected chi connectivity index (χ1v) is 6.58. The number of aromatic nitrogens is 1. The monoisotopic (exact) mass is 295 g/mol. The molecule has 0 atom stereocenters. The van der Waals surface area contributed by atoms with Gasteiger partial charge in [-0.05, 0) is 18.9 Å². The zero-order valence-electron chi connectivity index (χ0n) is 11.7. The molecule has 1 aromatic heterocycles. The van der Waals surface area contributed by atoms with Crippen molar-refractivity contribution in [2.45, 2.75) is 24.9 Å². The van der Waals surface area contributed by atoms with E-state index < -0.39 is 16.5 Å². The van der Waals surface area contributed by atoms with Gasteiger partial charge in [0.25, 0.3) is 5.69 Å². The lowest BCUT2D eigenvalue weighted by Crippen LogP contribution is -2.46. The molecule has 1 N–H and O–H groups in total. The summed E-state index contributed by atoms with van der Waals surface area (Å²) in [5.41, 5.74) is -1.11. The summed E-state index contributed by atoms with van der Waals surface area (Å²) < 4.78 is 4.58. The highest BCUT2D eigenvalue weighted by molar-refractivity contribution is 5.70. The fourth-order valence-corrected chi connectivity index (χ4v) is 2.34. The van der Waals surface area contributed by atoms with E-state index in [1.807, 2.05) is 4.90 Å².